The Bertz CT molecular complexity index is 1230. The van der Waals surface area contributed by atoms with E-state index in [1.54, 1.807) is 42.3 Å². The molecule has 2 aromatic carbocycles. The van der Waals surface area contributed by atoms with Gasteiger partial charge in [0.05, 0.1) is 26.8 Å². The molecule has 4 bridgehead atoms. The molecule has 4 aliphatic heterocycles. The van der Waals surface area contributed by atoms with Gasteiger partial charge in [-0.25, -0.2) is 0 Å². The van der Waals surface area contributed by atoms with Crippen molar-refractivity contribution in [1.29, 1.82) is 0 Å². The van der Waals surface area contributed by atoms with Gasteiger partial charge in [-0.3, -0.25) is 14.4 Å². The number of benzene rings is 2. The van der Waals surface area contributed by atoms with E-state index < -0.39 is 12.1 Å². The molecule has 0 spiro atoms. The summed E-state index contributed by atoms with van der Waals surface area (Å²) in [4.78, 5) is 40.9. The SMILES string of the molecule is COc1cc2cc(c1)C(=O)N[C@H]1CN(C(=O)C3CCOCC3)C[C@@H]1Oc1ccc(c(OC)c1)CNC(=O)CO2. The second-order valence-corrected chi connectivity index (χ2v) is 9.80. The first-order valence-corrected chi connectivity index (χ1v) is 13.0. The highest BCUT2D eigenvalue weighted by molar-refractivity contribution is 5.95. The van der Waals surface area contributed by atoms with Gasteiger partial charge in [0, 0.05) is 55.5 Å². The number of ether oxygens (including phenoxy) is 5. The molecule has 0 saturated carbocycles. The fourth-order valence-corrected chi connectivity index (χ4v) is 5.08. The number of fused-ring (bicyclic) bond motifs is 7. The van der Waals surface area contributed by atoms with Crippen molar-refractivity contribution in [3.8, 4) is 23.0 Å². The molecule has 2 atom stereocenters. The minimum atomic E-state index is -0.495. The Balaban J connectivity index is 1.46. The van der Waals surface area contributed by atoms with Gasteiger partial charge in [-0.2, -0.15) is 0 Å². The van der Waals surface area contributed by atoms with Crippen molar-refractivity contribution in [2.45, 2.75) is 31.5 Å². The number of nitrogens with zero attached hydrogens (tertiary/aromatic N) is 1. The molecule has 2 N–H and O–H groups in total. The highest BCUT2D eigenvalue weighted by Crippen LogP contribution is 2.29. The molecule has 4 aliphatic rings. The van der Waals surface area contributed by atoms with Gasteiger partial charge in [0.1, 0.15) is 29.1 Å². The minimum Gasteiger partial charge on any atom is -0.497 e. The normalized spacial score (nSPS) is 22.1. The van der Waals surface area contributed by atoms with Crippen LogP contribution in [0.2, 0.25) is 0 Å². The van der Waals surface area contributed by atoms with Crippen LogP contribution in [-0.4, -0.2) is 81.9 Å². The first kappa shape index (κ1) is 26.6. The molecule has 11 heteroatoms. The zero-order chi connectivity index (χ0) is 27.4. The van der Waals surface area contributed by atoms with Crippen molar-refractivity contribution in [2.24, 2.45) is 5.92 Å². The number of hydrogen-bond donors (Lipinski definition) is 2. The Morgan fingerprint density at radius 2 is 1.82 bits per heavy atom. The van der Waals surface area contributed by atoms with Crippen LogP contribution in [0.25, 0.3) is 0 Å². The van der Waals surface area contributed by atoms with Crippen molar-refractivity contribution in [1.82, 2.24) is 15.5 Å². The summed E-state index contributed by atoms with van der Waals surface area (Å²) in [6, 6.07) is 9.62. The van der Waals surface area contributed by atoms with Crippen LogP contribution in [0.4, 0.5) is 0 Å². The predicted octanol–water partition coefficient (Wildman–Crippen LogP) is 1.53. The van der Waals surface area contributed by atoms with Gasteiger partial charge < -0.3 is 39.2 Å². The van der Waals surface area contributed by atoms with Gasteiger partial charge in [0.15, 0.2) is 6.61 Å². The van der Waals surface area contributed by atoms with Crippen molar-refractivity contribution >= 4 is 17.7 Å². The molecule has 4 heterocycles. The first-order valence-electron chi connectivity index (χ1n) is 13.0. The zero-order valence-corrected chi connectivity index (χ0v) is 22.1. The smallest absolute Gasteiger partial charge is 0.258 e. The van der Waals surface area contributed by atoms with Gasteiger partial charge in [0.25, 0.3) is 11.8 Å². The van der Waals surface area contributed by atoms with Crippen molar-refractivity contribution in [2.75, 3.05) is 47.1 Å². The first-order chi connectivity index (χ1) is 18.9. The molecule has 2 fully saturated rings. The van der Waals surface area contributed by atoms with E-state index in [-0.39, 0.29) is 36.8 Å². The number of likely N-dealkylation sites (tertiary alicyclic amines) is 1. The van der Waals surface area contributed by atoms with Crippen LogP contribution in [0.5, 0.6) is 23.0 Å². The number of methoxy groups -OCH3 is 2. The molecule has 6 rings (SSSR count). The number of nitrogens with one attached hydrogen (secondary N) is 2. The van der Waals surface area contributed by atoms with Gasteiger partial charge in [-0.05, 0) is 37.1 Å². The lowest BCUT2D eigenvalue weighted by Crippen LogP contribution is -2.45. The second-order valence-electron chi connectivity index (χ2n) is 9.80. The molecular weight excluding hydrogens is 506 g/mol. The molecule has 0 aliphatic carbocycles. The maximum atomic E-state index is 13.4. The Kier molecular flexibility index (Phi) is 8.06. The average molecular weight is 540 g/mol. The monoisotopic (exact) mass is 539 g/mol. The topological polar surface area (TPSA) is 125 Å². The predicted molar refractivity (Wildman–Crippen MR) is 139 cm³/mol. The number of carbonyl (C=O) groups excluding carboxylic acids is 3. The lowest BCUT2D eigenvalue weighted by atomic mass is 9.99. The maximum absolute atomic E-state index is 13.4. The summed E-state index contributed by atoms with van der Waals surface area (Å²) in [6.07, 6.45) is 0.865. The van der Waals surface area contributed by atoms with E-state index in [9.17, 15) is 14.4 Å². The molecule has 11 nitrogen and oxygen atoms in total. The quantitative estimate of drug-likeness (QED) is 0.602. The van der Waals surface area contributed by atoms with E-state index >= 15 is 0 Å². The Labute approximate surface area is 226 Å². The lowest BCUT2D eigenvalue weighted by molar-refractivity contribution is -0.137. The standard InChI is InChI=1S/C28H33N3O8/c1-35-21-9-19-10-22(11-21)38-16-26(32)29-13-18-3-4-20(12-24(18)36-2)39-25-15-31(14-23(25)30-27(19)33)28(34)17-5-7-37-8-6-17/h3-4,9-12,17,23,25H,5-8,13-16H2,1-2H3,(H,29,32)(H,30,33)/t23-,25-/m0/s1. The highest BCUT2D eigenvalue weighted by Gasteiger charge is 2.40. The van der Waals surface area contributed by atoms with Gasteiger partial charge >= 0.3 is 0 Å². The molecule has 2 aromatic rings. The maximum Gasteiger partial charge on any atom is 0.258 e. The van der Waals surface area contributed by atoms with Crippen LogP contribution >= 0.6 is 0 Å². The summed E-state index contributed by atoms with van der Waals surface area (Å²) >= 11 is 0. The average Bonchev–Trinajstić information content (AvgIpc) is 3.36. The summed E-state index contributed by atoms with van der Waals surface area (Å²) in [5.41, 5.74) is 1.06. The van der Waals surface area contributed by atoms with Crippen LogP contribution in [0.1, 0.15) is 28.8 Å². The largest absolute Gasteiger partial charge is 0.497 e. The van der Waals surface area contributed by atoms with Crippen molar-refractivity contribution < 1.29 is 38.1 Å². The van der Waals surface area contributed by atoms with Crippen LogP contribution < -0.4 is 29.6 Å². The lowest BCUT2D eigenvalue weighted by Gasteiger charge is -2.26. The molecular formula is C28H33N3O8. The summed E-state index contributed by atoms with van der Waals surface area (Å²) in [5, 5.41) is 5.86. The van der Waals surface area contributed by atoms with E-state index in [2.05, 4.69) is 10.6 Å². The molecule has 0 radical (unpaired) electrons. The number of hydrogen-bond acceptors (Lipinski definition) is 8. The Morgan fingerprint density at radius 1 is 1.00 bits per heavy atom. The van der Waals surface area contributed by atoms with Crippen molar-refractivity contribution in [3.05, 3.63) is 47.5 Å². The third-order valence-electron chi connectivity index (χ3n) is 7.23. The van der Waals surface area contributed by atoms with E-state index in [4.69, 9.17) is 23.7 Å². The third kappa shape index (κ3) is 6.19. The summed E-state index contributed by atoms with van der Waals surface area (Å²) in [5.74, 6) is 1.04. The number of rotatable bonds is 3. The number of carbonyl (C=O) groups is 3. The Morgan fingerprint density at radius 3 is 2.59 bits per heavy atom. The van der Waals surface area contributed by atoms with E-state index in [0.717, 1.165) is 5.56 Å². The zero-order valence-electron chi connectivity index (χ0n) is 22.1. The molecule has 0 aromatic heterocycles. The van der Waals surface area contributed by atoms with E-state index in [1.165, 1.54) is 7.11 Å². The van der Waals surface area contributed by atoms with E-state index in [0.29, 0.717) is 67.7 Å². The van der Waals surface area contributed by atoms with Crippen LogP contribution in [0, 0.1) is 5.92 Å². The summed E-state index contributed by atoms with van der Waals surface area (Å²) in [6.45, 7) is 1.76. The van der Waals surface area contributed by atoms with Gasteiger partial charge in [-0.15, -0.1) is 0 Å². The summed E-state index contributed by atoms with van der Waals surface area (Å²) in [7, 11) is 3.03. The molecule has 0 unspecified atom stereocenters. The van der Waals surface area contributed by atoms with Crippen LogP contribution in [0.15, 0.2) is 36.4 Å². The van der Waals surface area contributed by atoms with Gasteiger partial charge in [-0.1, -0.05) is 0 Å². The number of amides is 3. The fourth-order valence-electron chi connectivity index (χ4n) is 5.08. The second kappa shape index (κ2) is 11.8. The molecule has 3 amide bonds. The van der Waals surface area contributed by atoms with E-state index in [1.807, 2.05) is 6.07 Å². The van der Waals surface area contributed by atoms with Gasteiger partial charge in [0.2, 0.25) is 5.91 Å². The fraction of sp³-hybridized carbons (Fsp3) is 0.464. The molecule has 2 saturated heterocycles. The van der Waals surface area contributed by atoms with Crippen LogP contribution in [-0.2, 0) is 20.9 Å². The Hall–Kier alpha value is -3.99. The molecule has 39 heavy (non-hydrogen) atoms. The van der Waals surface area contributed by atoms with Crippen molar-refractivity contribution in [3.63, 3.8) is 0 Å². The van der Waals surface area contributed by atoms with Crippen LogP contribution in [0.3, 0.4) is 0 Å². The third-order valence-corrected chi connectivity index (χ3v) is 7.23. The minimum absolute atomic E-state index is 0.0477. The summed E-state index contributed by atoms with van der Waals surface area (Å²) < 4.78 is 28.3. The molecule has 208 valence electrons. The highest BCUT2D eigenvalue weighted by atomic mass is 16.5.